The number of aromatic nitrogens is 3. The van der Waals surface area contributed by atoms with Crippen molar-refractivity contribution in [1.29, 1.82) is 0 Å². The van der Waals surface area contributed by atoms with Crippen molar-refractivity contribution >= 4 is 5.82 Å². The van der Waals surface area contributed by atoms with Crippen molar-refractivity contribution in [3.63, 3.8) is 0 Å². The summed E-state index contributed by atoms with van der Waals surface area (Å²) in [5.74, 6) is -0.206. The van der Waals surface area contributed by atoms with E-state index < -0.39 is 29.7 Å². The molecule has 0 aliphatic carbocycles. The molecular formula is C15H14F6N4. The molecule has 0 spiro atoms. The highest BCUT2D eigenvalue weighted by Gasteiger charge is 2.37. The fourth-order valence-electron chi connectivity index (χ4n) is 2.93. The predicted molar refractivity (Wildman–Crippen MR) is 77.0 cm³/mol. The minimum Gasteiger partial charge on any atom is -0.354 e. The Morgan fingerprint density at radius 3 is 2.44 bits per heavy atom. The monoisotopic (exact) mass is 364 g/mol. The van der Waals surface area contributed by atoms with Crippen molar-refractivity contribution in [3.8, 4) is 0 Å². The Bertz CT molecular complexity index is 736. The highest BCUT2D eigenvalue weighted by molar-refractivity contribution is 5.48. The standard InChI is InChI=1S/C15H14F6N4/c16-14(17,18)11-4-1-6-22-13(11)24-7-2-3-10(9-24)25-8-5-12(23-25)15(19,20)21/h1,4-6,8,10H,2-3,7,9H2. The van der Waals surface area contributed by atoms with E-state index in [0.29, 0.717) is 19.4 Å². The van der Waals surface area contributed by atoms with Crippen molar-refractivity contribution in [2.75, 3.05) is 18.0 Å². The van der Waals surface area contributed by atoms with Gasteiger partial charge in [-0.15, -0.1) is 0 Å². The number of halogens is 6. The third-order valence-corrected chi connectivity index (χ3v) is 4.06. The van der Waals surface area contributed by atoms with Crippen molar-refractivity contribution in [2.24, 2.45) is 0 Å². The van der Waals surface area contributed by atoms with Crippen LogP contribution >= 0.6 is 0 Å². The fraction of sp³-hybridized carbons (Fsp3) is 0.467. The third kappa shape index (κ3) is 3.72. The summed E-state index contributed by atoms with van der Waals surface area (Å²) in [4.78, 5) is 5.29. The molecule has 10 heteroatoms. The summed E-state index contributed by atoms with van der Waals surface area (Å²) in [5.41, 5.74) is -1.87. The first-order valence-electron chi connectivity index (χ1n) is 7.56. The Kier molecular flexibility index (Phi) is 4.38. The molecule has 3 rings (SSSR count). The Morgan fingerprint density at radius 2 is 1.80 bits per heavy atom. The van der Waals surface area contributed by atoms with Crippen LogP contribution in [-0.4, -0.2) is 27.9 Å². The van der Waals surface area contributed by atoms with E-state index in [2.05, 4.69) is 10.1 Å². The zero-order valence-corrected chi connectivity index (χ0v) is 12.8. The van der Waals surface area contributed by atoms with E-state index in [1.54, 1.807) is 0 Å². The molecule has 1 aliphatic rings. The lowest BCUT2D eigenvalue weighted by Crippen LogP contribution is -2.38. The quantitative estimate of drug-likeness (QED) is 0.751. The van der Waals surface area contributed by atoms with Gasteiger partial charge in [0.25, 0.3) is 0 Å². The molecule has 1 unspecified atom stereocenters. The average Bonchev–Trinajstić information content (AvgIpc) is 3.04. The molecule has 0 amide bonds. The number of nitrogens with zero attached hydrogens (tertiary/aromatic N) is 4. The molecule has 3 heterocycles. The topological polar surface area (TPSA) is 34.0 Å². The molecule has 136 valence electrons. The molecule has 0 bridgehead atoms. The molecule has 1 aliphatic heterocycles. The Morgan fingerprint density at radius 1 is 1.04 bits per heavy atom. The smallest absolute Gasteiger partial charge is 0.354 e. The Balaban J connectivity index is 1.84. The van der Waals surface area contributed by atoms with Crippen molar-refractivity contribution in [2.45, 2.75) is 31.2 Å². The van der Waals surface area contributed by atoms with Crippen molar-refractivity contribution in [1.82, 2.24) is 14.8 Å². The number of anilines is 1. The van der Waals surface area contributed by atoms with Gasteiger partial charge < -0.3 is 4.90 Å². The van der Waals surface area contributed by atoms with Crippen LogP contribution in [-0.2, 0) is 12.4 Å². The maximum Gasteiger partial charge on any atom is 0.435 e. The second-order valence-corrected chi connectivity index (χ2v) is 5.79. The third-order valence-electron chi connectivity index (χ3n) is 4.06. The maximum atomic E-state index is 13.1. The van der Waals surface area contributed by atoms with Gasteiger partial charge in [0.15, 0.2) is 5.69 Å². The van der Waals surface area contributed by atoms with E-state index in [1.165, 1.54) is 28.0 Å². The van der Waals surface area contributed by atoms with Crippen LogP contribution in [0.3, 0.4) is 0 Å². The summed E-state index contributed by atoms with van der Waals surface area (Å²) < 4.78 is 78.6. The van der Waals surface area contributed by atoms with E-state index in [-0.39, 0.29) is 12.4 Å². The number of hydrogen-bond donors (Lipinski definition) is 0. The Hall–Kier alpha value is -2.26. The van der Waals surface area contributed by atoms with E-state index in [9.17, 15) is 26.3 Å². The van der Waals surface area contributed by atoms with Crippen LogP contribution in [0.2, 0.25) is 0 Å². The number of rotatable bonds is 2. The zero-order valence-electron chi connectivity index (χ0n) is 12.8. The van der Waals surface area contributed by atoms with Gasteiger partial charge in [-0.1, -0.05) is 0 Å². The molecule has 1 saturated heterocycles. The van der Waals surface area contributed by atoms with Gasteiger partial charge in [0.2, 0.25) is 0 Å². The molecule has 4 nitrogen and oxygen atoms in total. The first kappa shape index (κ1) is 17.6. The van der Waals surface area contributed by atoms with E-state index >= 15 is 0 Å². The lowest BCUT2D eigenvalue weighted by Gasteiger charge is -2.34. The predicted octanol–water partition coefficient (Wildman–Crippen LogP) is 4.16. The van der Waals surface area contributed by atoms with E-state index in [4.69, 9.17) is 0 Å². The largest absolute Gasteiger partial charge is 0.435 e. The molecule has 1 atom stereocenters. The molecule has 25 heavy (non-hydrogen) atoms. The normalized spacial score (nSPS) is 19.3. The molecular weight excluding hydrogens is 350 g/mol. The lowest BCUT2D eigenvalue weighted by molar-refractivity contribution is -0.141. The summed E-state index contributed by atoms with van der Waals surface area (Å²) in [6.45, 7) is 0.461. The van der Waals surface area contributed by atoms with Gasteiger partial charge in [-0.2, -0.15) is 31.4 Å². The molecule has 1 fully saturated rings. The first-order chi connectivity index (χ1) is 11.7. The van der Waals surface area contributed by atoms with Crippen LogP contribution in [0.1, 0.15) is 30.1 Å². The molecule has 0 aromatic carbocycles. The molecule has 2 aromatic heterocycles. The lowest BCUT2D eigenvalue weighted by atomic mass is 10.1. The number of alkyl halides is 6. The Labute approximate surface area is 139 Å². The van der Waals surface area contributed by atoms with Crippen molar-refractivity contribution in [3.05, 3.63) is 41.9 Å². The second-order valence-electron chi connectivity index (χ2n) is 5.79. The molecule has 0 N–H and O–H groups in total. The number of pyridine rings is 1. The zero-order chi connectivity index (χ0) is 18.2. The van der Waals surface area contributed by atoms with E-state index in [0.717, 1.165) is 12.1 Å². The van der Waals surface area contributed by atoms with Crippen LogP contribution in [0.25, 0.3) is 0 Å². The summed E-state index contributed by atoms with van der Waals surface area (Å²) in [6, 6.07) is 2.56. The molecule has 0 saturated carbocycles. The van der Waals surface area contributed by atoms with Gasteiger partial charge >= 0.3 is 12.4 Å². The van der Waals surface area contributed by atoms with Gasteiger partial charge in [-0.05, 0) is 31.0 Å². The van der Waals surface area contributed by atoms with Crippen LogP contribution < -0.4 is 4.90 Å². The van der Waals surface area contributed by atoms with Gasteiger partial charge in [0, 0.05) is 25.5 Å². The maximum absolute atomic E-state index is 13.1. The highest BCUT2D eigenvalue weighted by atomic mass is 19.4. The fourth-order valence-corrected chi connectivity index (χ4v) is 2.93. The molecule has 2 aromatic rings. The number of hydrogen-bond acceptors (Lipinski definition) is 3. The van der Waals surface area contributed by atoms with Gasteiger partial charge in [0.05, 0.1) is 11.6 Å². The second kappa shape index (κ2) is 6.23. The van der Waals surface area contributed by atoms with Crippen molar-refractivity contribution < 1.29 is 26.3 Å². The van der Waals surface area contributed by atoms with Crippen LogP contribution in [0.4, 0.5) is 32.2 Å². The highest BCUT2D eigenvalue weighted by Crippen LogP contribution is 2.37. The SMILES string of the molecule is FC(F)(F)c1ccn(C2CCCN(c3ncccc3C(F)(F)F)C2)n1. The molecule has 0 radical (unpaired) electrons. The summed E-state index contributed by atoms with van der Waals surface area (Å²) in [5, 5.41) is 3.53. The minimum atomic E-state index is -4.55. The van der Waals surface area contributed by atoms with Crippen LogP contribution in [0, 0.1) is 0 Å². The van der Waals surface area contributed by atoms with Gasteiger partial charge in [-0.3, -0.25) is 4.68 Å². The first-order valence-corrected chi connectivity index (χ1v) is 7.56. The van der Waals surface area contributed by atoms with Gasteiger partial charge in [0.1, 0.15) is 5.82 Å². The summed E-state index contributed by atoms with van der Waals surface area (Å²) in [7, 11) is 0. The summed E-state index contributed by atoms with van der Waals surface area (Å²) >= 11 is 0. The average molecular weight is 364 g/mol. The minimum absolute atomic E-state index is 0.110. The van der Waals surface area contributed by atoms with Crippen LogP contribution in [0.5, 0.6) is 0 Å². The summed E-state index contributed by atoms with van der Waals surface area (Å²) in [6.07, 6.45) is -5.57. The van der Waals surface area contributed by atoms with Crippen LogP contribution in [0.15, 0.2) is 30.6 Å². The van der Waals surface area contributed by atoms with E-state index in [1.807, 2.05) is 0 Å². The number of piperidine rings is 1. The van der Waals surface area contributed by atoms with Gasteiger partial charge in [-0.25, -0.2) is 4.98 Å².